The highest BCUT2D eigenvalue weighted by Crippen LogP contribution is 2.19. The molecule has 1 aromatic heterocycles. The molecule has 0 aliphatic rings. The molecule has 118 valence electrons. The molecule has 2 unspecified atom stereocenters. The molecule has 0 radical (unpaired) electrons. The lowest BCUT2D eigenvalue weighted by Crippen LogP contribution is -2.39. The van der Waals surface area contributed by atoms with Gasteiger partial charge in [-0.05, 0) is 29.1 Å². The van der Waals surface area contributed by atoms with Gasteiger partial charge in [0.05, 0.1) is 6.10 Å². The van der Waals surface area contributed by atoms with E-state index in [1.54, 1.807) is 11.3 Å². The summed E-state index contributed by atoms with van der Waals surface area (Å²) in [7, 11) is 0. The smallest absolute Gasteiger partial charge is 0.314 e. The van der Waals surface area contributed by atoms with E-state index in [9.17, 15) is 14.3 Å². The van der Waals surface area contributed by atoms with Crippen LogP contribution in [0.15, 0.2) is 41.8 Å². The van der Waals surface area contributed by atoms with Crippen molar-refractivity contribution in [2.75, 3.05) is 13.1 Å². The highest BCUT2D eigenvalue weighted by atomic mass is 32.1. The van der Waals surface area contributed by atoms with Crippen LogP contribution >= 0.6 is 11.3 Å². The lowest BCUT2D eigenvalue weighted by molar-refractivity contribution is 0.173. The van der Waals surface area contributed by atoms with Crippen molar-refractivity contribution in [3.05, 3.63) is 58.0 Å². The van der Waals surface area contributed by atoms with E-state index in [1.807, 2.05) is 24.4 Å². The molecule has 0 aliphatic heterocycles. The number of nitrogens with one attached hydrogen (secondary N) is 2. The van der Waals surface area contributed by atoms with Gasteiger partial charge in [-0.1, -0.05) is 25.1 Å². The van der Waals surface area contributed by atoms with Gasteiger partial charge in [-0.25, -0.2) is 9.18 Å². The zero-order chi connectivity index (χ0) is 15.9. The molecular formula is C16H19FN2O2S. The van der Waals surface area contributed by atoms with Gasteiger partial charge < -0.3 is 15.7 Å². The first-order valence-electron chi connectivity index (χ1n) is 7.05. The quantitative estimate of drug-likeness (QED) is 0.765. The number of thiophene rings is 1. The van der Waals surface area contributed by atoms with Crippen LogP contribution in [-0.4, -0.2) is 24.2 Å². The van der Waals surface area contributed by atoms with Gasteiger partial charge in [0.1, 0.15) is 5.82 Å². The molecule has 1 aromatic carbocycles. The molecule has 4 nitrogen and oxygen atoms in total. The number of hydrogen-bond donors (Lipinski definition) is 3. The van der Waals surface area contributed by atoms with E-state index in [1.165, 1.54) is 29.1 Å². The van der Waals surface area contributed by atoms with E-state index in [2.05, 4.69) is 10.6 Å². The molecule has 1 heterocycles. The first-order chi connectivity index (χ1) is 10.6. The number of urea groups is 1. The van der Waals surface area contributed by atoms with Crippen LogP contribution in [0.1, 0.15) is 29.4 Å². The van der Waals surface area contributed by atoms with E-state index in [0.29, 0.717) is 12.1 Å². The number of amides is 2. The molecule has 0 fully saturated rings. The fourth-order valence-electron chi connectivity index (χ4n) is 1.97. The van der Waals surface area contributed by atoms with Crippen molar-refractivity contribution in [3.63, 3.8) is 0 Å². The van der Waals surface area contributed by atoms with Crippen LogP contribution in [0.4, 0.5) is 9.18 Å². The van der Waals surface area contributed by atoms with Crippen molar-refractivity contribution in [1.29, 1.82) is 0 Å². The standard InChI is InChI=1S/C16H19FN2O2S/c1-11(15-3-2-8-22-15)9-18-16(21)19-10-14(20)12-4-6-13(17)7-5-12/h2-8,11,14,20H,9-10H2,1H3,(H2,18,19,21). The molecule has 0 bridgehead atoms. The normalized spacial score (nSPS) is 13.4. The van der Waals surface area contributed by atoms with Crippen molar-refractivity contribution in [3.8, 4) is 0 Å². The zero-order valence-corrected chi connectivity index (χ0v) is 13.1. The van der Waals surface area contributed by atoms with Crippen LogP contribution in [0.5, 0.6) is 0 Å². The van der Waals surface area contributed by atoms with Crippen LogP contribution in [0.2, 0.25) is 0 Å². The van der Waals surface area contributed by atoms with Gasteiger partial charge in [0.2, 0.25) is 0 Å². The maximum absolute atomic E-state index is 12.8. The summed E-state index contributed by atoms with van der Waals surface area (Å²) in [4.78, 5) is 12.9. The Morgan fingerprint density at radius 3 is 2.55 bits per heavy atom. The summed E-state index contributed by atoms with van der Waals surface area (Å²) in [5.41, 5.74) is 0.564. The maximum atomic E-state index is 12.8. The van der Waals surface area contributed by atoms with Crippen LogP contribution in [-0.2, 0) is 0 Å². The molecule has 0 aliphatic carbocycles. The second-order valence-electron chi connectivity index (χ2n) is 5.07. The summed E-state index contributed by atoms with van der Waals surface area (Å²) in [6.07, 6.45) is -0.860. The first kappa shape index (κ1) is 16.5. The van der Waals surface area contributed by atoms with Gasteiger partial charge in [0.15, 0.2) is 0 Å². The lowest BCUT2D eigenvalue weighted by atomic mass is 10.1. The zero-order valence-electron chi connectivity index (χ0n) is 12.3. The lowest BCUT2D eigenvalue weighted by Gasteiger charge is -2.14. The third-order valence-corrected chi connectivity index (χ3v) is 4.41. The molecule has 6 heteroatoms. The molecule has 2 amide bonds. The number of aliphatic hydroxyl groups excluding tert-OH is 1. The van der Waals surface area contributed by atoms with Gasteiger partial charge in [0, 0.05) is 23.9 Å². The Labute approximate surface area is 133 Å². The minimum absolute atomic E-state index is 0.0743. The average molecular weight is 322 g/mol. The van der Waals surface area contributed by atoms with Crippen molar-refractivity contribution < 1.29 is 14.3 Å². The third-order valence-electron chi connectivity index (χ3n) is 3.31. The molecule has 0 saturated carbocycles. The molecule has 3 N–H and O–H groups in total. The second kappa shape index (κ2) is 7.91. The number of halogens is 1. The highest BCUT2D eigenvalue weighted by molar-refractivity contribution is 7.10. The predicted molar refractivity (Wildman–Crippen MR) is 85.5 cm³/mol. The monoisotopic (exact) mass is 322 g/mol. The van der Waals surface area contributed by atoms with E-state index < -0.39 is 6.10 Å². The average Bonchev–Trinajstić information content (AvgIpc) is 3.05. The molecule has 22 heavy (non-hydrogen) atoms. The fourth-order valence-corrected chi connectivity index (χ4v) is 2.76. The van der Waals surface area contributed by atoms with Crippen molar-refractivity contribution in [1.82, 2.24) is 10.6 Å². The summed E-state index contributed by atoms with van der Waals surface area (Å²) in [5, 5.41) is 17.3. The second-order valence-corrected chi connectivity index (χ2v) is 6.05. The Hall–Kier alpha value is -1.92. The first-order valence-corrected chi connectivity index (χ1v) is 7.93. The van der Waals surface area contributed by atoms with Gasteiger partial charge in [0.25, 0.3) is 0 Å². The van der Waals surface area contributed by atoms with Gasteiger partial charge in [-0.3, -0.25) is 0 Å². The van der Waals surface area contributed by atoms with Gasteiger partial charge in [-0.2, -0.15) is 0 Å². The van der Waals surface area contributed by atoms with Crippen LogP contribution in [0.3, 0.4) is 0 Å². The van der Waals surface area contributed by atoms with Crippen LogP contribution < -0.4 is 10.6 Å². The van der Waals surface area contributed by atoms with Crippen molar-refractivity contribution >= 4 is 17.4 Å². The number of carbonyl (C=O) groups excluding carboxylic acids is 1. The van der Waals surface area contributed by atoms with Crippen molar-refractivity contribution in [2.24, 2.45) is 0 Å². The summed E-state index contributed by atoms with van der Waals surface area (Å²) in [6, 6.07) is 9.24. The van der Waals surface area contributed by atoms with E-state index in [0.717, 1.165) is 0 Å². The number of carbonyl (C=O) groups is 1. The fraction of sp³-hybridized carbons (Fsp3) is 0.312. The number of aliphatic hydroxyl groups is 1. The molecule has 2 aromatic rings. The Balaban J connectivity index is 1.72. The summed E-state index contributed by atoms with van der Waals surface area (Å²) in [6.45, 7) is 2.64. The maximum Gasteiger partial charge on any atom is 0.314 e. The number of benzene rings is 1. The molecule has 2 rings (SSSR count). The Kier molecular flexibility index (Phi) is 5.91. The Morgan fingerprint density at radius 2 is 1.91 bits per heavy atom. The molecular weight excluding hydrogens is 303 g/mol. The molecule has 2 atom stereocenters. The predicted octanol–water partition coefficient (Wildman–Crippen LogP) is 3.02. The van der Waals surface area contributed by atoms with Crippen LogP contribution in [0.25, 0.3) is 0 Å². The van der Waals surface area contributed by atoms with Gasteiger partial charge >= 0.3 is 6.03 Å². The van der Waals surface area contributed by atoms with Gasteiger partial charge in [-0.15, -0.1) is 11.3 Å². The van der Waals surface area contributed by atoms with Crippen molar-refractivity contribution in [2.45, 2.75) is 18.9 Å². The topological polar surface area (TPSA) is 61.4 Å². The highest BCUT2D eigenvalue weighted by Gasteiger charge is 2.11. The molecule has 0 saturated heterocycles. The molecule has 0 spiro atoms. The Bertz CT molecular complexity index is 587. The SMILES string of the molecule is CC(CNC(=O)NCC(O)c1ccc(F)cc1)c1cccs1. The van der Waals surface area contributed by atoms with Crippen LogP contribution in [0, 0.1) is 5.82 Å². The van der Waals surface area contributed by atoms with E-state index in [-0.39, 0.29) is 24.3 Å². The summed E-state index contributed by atoms with van der Waals surface area (Å²) < 4.78 is 12.8. The number of rotatable bonds is 6. The number of hydrogen-bond acceptors (Lipinski definition) is 3. The minimum Gasteiger partial charge on any atom is -0.387 e. The largest absolute Gasteiger partial charge is 0.387 e. The minimum atomic E-state index is -0.860. The van der Waals surface area contributed by atoms with E-state index >= 15 is 0 Å². The van der Waals surface area contributed by atoms with E-state index in [4.69, 9.17) is 0 Å². The Morgan fingerprint density at radius 1 is 1.23 bits per heavy atom. The third kappa shape index (κ3) is 4.82. The summed E-state index contributed by atoms with van der Waals surface area (Å²) in [5.74, 6) is -0.114. The summed E-state index contributed by atoms with van der Waals surface area (Å²) >= 11 is 1.66.